The molecule has 0 radical (unpaired) electrons. The van der Waals surface area contributed by atoms with E-state index >= 15 is 0 Å². The van der Waals surface area contributed by atoms with Gasteiger partial charge in [-0.1, -0.05) is 6.07 Å². The van der Waals surface area contributed by atoms with Gasteiger partial charge in [0.2, 0.25) is 0 Å². The van der Waals surface area contributed by atoms with E-state index in [-0.39, 0.29) is 5.78 Å². The van der Waals surface area contributed by atoms with Crippen LogP contribution in [0.2, 0.25) is 0 Å². The zero-order chi connectivity index (χ0) is 14.4. The Kier molecular flexibility index (Phi) is 4.71. The number of carbonyl (C=O) groups excluding carboxylic acids is 1. The third kappa shape index (κ3) is 3.57. The molecule has 0 N–H and O–H groups in total. The van der Waals surface area contributed by atoms with E-state index < -0.39 is 0 Å². The van der Waals surface area contributed by atoms with Crippen molar-refractivity contribution in [2.24, 2.45) is 0 Å². The molecule has 2 rings (SSSR count). The minimum absolute atomic E-state index is 0.156. The van der Waals surface area contributed by atoms with Crippen molar-refractivity contribution in [3.05, 3.63) is 53.9 Å². The summed E-state index contributed by atoms with van der Waals surface area (Å²) in [6, 6.07) is 9.24. The van der Waals surface area contributed by atoms with Crippen LogP contribution in [0.1, 0.15) is 11.1 Å². The van der Waals surface area contributed by atoms with Crippen LogP contribution in [0, 0.1) is 0 Å². The molecular formula is C16H17NO3. The van der Waals surface area contributed by atoms with Gasteiger partial charge in [0.1, 0.15) is 5.78 Å². The van der Waals surface area contributed by atoms with E-state index in [4.69, 9.17) is 9.47 Å². The molecule has 1 aromatic carbocycles. The first kappa shape index (κ1) is 14.1. The summed E-state index contributed by atoms with van der Waals surface area (Å²) >= 11 is 0. The number of rotatable bonds is 6. The molecule has 0 amide bonds. The Bertz CT molecular complexity index is 582. The van der Waals surface area contributed by atoms with Crippen molar-refractivity contribution >= 4 is 5.78 Å². The molecule has 1 aromatic heterocycles. The van der Waals surface area contributed by atoms with Gasteiger partial charge in [0.25, 0.3) is 0 Å². The summed E-state index contributed by atoms with van der Waals surface area (Å²) in [5.74, 6) is 1.46. The van der Waals surface area contributed by atoms with Gasteiger partial charge in [0, 0.05) is 25.2 Å². The van der Waals surface area contributed by atoms with E-state index in [1.165, 1.54) is 0 Å². The number of hydrogen-bond acceptors (Lipinski definition) is 4. The molecule has 0 spiro atoms. The van der Waals surface area contributed by atoms with Gasteiger partial charge in [-0.15, -0.1) is 0 Å². The number of aromatic nitrogens is 1. The third-order valence-electron chi connectivity index (χ3n) is 3.00. The molecule has 2 aromatic rings. The molecule has 0 unspecified atom stereocenters. The van der Waals surface area contributed by atoms with E-state index in [2.05, 4.69) is 4.98 Å². The number of Topliss-reactive ketones (excluding diaryl/α,β-unsaturated/α-hetero) is 1. The highest BCUT2D eigenvalue weighted by atomic mass is 16.5. The first-order valence-corrected chi connectivity index (χ1v) is 6.34. The Balaban J connectivity index is 2.04. The van der Waals surface area contributed by atoms with Crippen molar-refractivity contribution in [3.8, 4) is 11.5 Å². The zero-order valence-electron chi connectivity index (χ0n) is 11.6. The Morgan fingerprint density at radius 1 is 0.950 bits per heavy atom. The van der Waals surface area contributed by atoms with Crippen LogP contribution < -0.4 is 9.47 Å². The van der Waals surface area contributed by atoms with E-state index in [9.17, 15) is 4.79 Å². The van der Waals surface area contributed by atoms with Crippen molar-refractivity contribution < 1.29 is 14.3 Å². The van der Waals surface area contributed by atoms with E-state index in [0.29, 0.717) is 24.3 Å². The lowest BCUT2D eigenvalue weighted by atomic mass is 10.0. The number of hydrogen-bond donors (Lipinski definition) is 0. The average molecular weight is 271 g/mol. The summed E-state index contributed by atoms with van der Waals surface area (Å²) in [5, 5.41) is 0. The lowest BCUT2D eigenvalue weighted by Crippen LogP contribution is -2.07. The van der Waals surface area contributed by atoms with E-state index in [1.54, 1.807) is 26.6 Å². The fourth-order valence-corrected chi connectivity index (χ4v) is 2.01. The van der Waals surface area contributed by atoms with Crippen LogP contribution in [0.15, 0.2) is 42.7 Å². The van der Waals surface area contributed by atoms with Crippen molar-refractivity contribution in [3.63, 3.8) is 0 Å². The number of ether oxygens (including phenoxy) is 2. The monoisotopic (exact) mass is 271 g/mol. The van der Waals surface area contributed by atoms with Crippen molar-refractivity contribution in [1.29, 1.82) is 0 Å². The van der Waals surface area contributed by atoms with Gasteiger partial charge in [-0.3, -0.25) is 9.78 Å². The molecule has 4 heteroatoms. The summed E-state index contributed by atoms with van der Waals surface area (Å²) < 4.78 is 10.4. The molecule has 0 aliphatic heterocycles. The molecule has 104 valence electrons. The maximum Gasteiger partial charge on any atom is 0.161 e. The molecule has 0 atom stereocenters. The van der Waals surface area contributed by atoms with Gasteiger partial charge < -0.3 is 9.47 Å². The van der Waals surface area contributed by atoms with Gasteiger partial charge in [-0.2, -0.15) is 0 Å². The van der Waals surface area contributed by atoms with Crippen LogP contribution in [-0.4, -0.2) is 25.0 Å². The van der Waals surface area contributed by atoms with Crippen LogP contribution in [0.3, 0.4) is 0 Å². The number of benzene rings is 1. The minimum atomic E-state index is 0.156. The normalized spacial score (nSPS) is 10.1. The van der Waals surface area contributed by atoms with Gasteiger partial charge in [-0.25, -0.2) is 0 Å². The molecule has 0 aliphatic carbocycles. The highest BCUT2D eigenvalue weighted by molar-refractivity contribution is 5.83. The third-order valence-corrected chi connectivity index (χ3v) is 3.00. The van der Waals surface area contributed by atoms with E-state index in [0.717, 1.165) is 11.1 Å². The number of nitrogens with zero attached hydrogens (tertiary/aromatic N) is 1. The SMILES string of the molecule is COc1ccc(CC(=O)Cc2ccncc2)cc1OC. The van der Waals surface area contributed by atoms with Gasteiger partial charge in [-0.05, 0) is 35.4 Å². The summed E-state index contributed by atoms with van der Waals surface area (Å²) in [5.41, 5.74) is 1.90. The molecule has 0 fully saturated rings. The quantitative estimate of drug-likeness (QED) is 0.809. The molecule has 4 nitrogen and oxygen atoms in total. The summed E-state index contributed by atoms with van der Waals surface area (Å²) in [7, 11) is 3.17. The number of carbonyl (C=O) groups is 1. The van der Waals surface area contributed by atoms with E-state index in [1.807, 2.05) is 30.3 Å². The Morgan fingerprint density at radius 2 is 1.60 bits per heavy atom. The topological polar surface area (TPSA) is 48.4 Å². The number of methoxy groups -OCH3 is 2. The molecule has 0 saturated carbocycles. The van der Waals surface area contributed by atoms with Crippen molar-refractivity contribution in [2.45, 2.75) is 12.8 Å². The first-order valence-electron chi connectivity index (χ1n) is 6.34. The van der Waals surface area contributed by atoms with Crippen molar-refractivity contribution in [1.82, 2.24) is 4.98 Å². The molecular weight excluding hydrogens is 254 g/mol. The molecule has 1 heterocycles. The average Bonchev–Trinajstić information content (AvgIpc) is 2.48. The predicted molar refractivity (Wildman–Crippen MR) is 76.2 cm³/mol. The van der Waals surface area contributed by atoms with Crippen LogP contribution in [0.5, 0.6) is 11.5 Å². The molecule has 0 bridgehead atoms. The molecule has 0 aliphatic rings. The molecule has 0 saturated heterocycles. The zero-order valence-corrected chi connectivity index (χ0v) is 11.6. The summed E-state index contributed by atoms with van der Waals surface area (Å²) in [4.78, 5) is 16.0. The second-order valence-electron chi connectivity index (χ2n) is 4.44. The van der Waals surface area contributed by atoms with Crippen LogP contribution in [0.25, 0.3) is 0 Å². The van der Waals surface area contributed by atoms with Crippen LogP contribution in [0.4, 0.5) is 0 Å². The lowest BCUT2D eigenvalue weighted by molar-refractivity contribution is -0.117. The van der Waals surface area contributed by atoms with Crippen LogP contribution in [-0.2, 0) is 17.6 Å². The highest BCUT2D eigenvalue weighted by Crippen LogP contribution is 2.27. The van der Waals surface area contributed by atoms with Crippen LogP contribution >= 0.6 is 0 Å². The summed E-state index contributed by atoms with van der Waals surface area (Å²) in [6.07, 6.45) is 4.18. The Hall–Kier alpha value is -2.36. The largest absolute Gasteiger partial charge is 0.493 e. The first-order chi connectivity index (χ1) is 9.72. The van der Waals surface area contributed by atoms with Crippen molar-refractivity contribution in [2.75, 3.05) is 14.2 Å². The number of ketones is 1. The fraction of sp³-hybridized carbons (Fsp3) is 0.250. The van der Waals surface area contributed by atoms with Gasteiger partial charge >= 0.3 is 0 Å². The maximum absolute atomic E-state index is 12.0. The Morgan fingerprint density at radius 3 is 2.25 bits per heavy atom. The maximum atomic E-state index is 12.0. The second kappa shape index (κ2) is 6.70. The summed E-state index contributed by atoms with van der Waals surface area (Å²) in [6.45, 7) is 0. The predicted octanol–water partition coefficient (Wildman–Crippen LogP) is 2.45. The standard InChI is InChI=1S/C16H17NO3/c1-19-15-4-3-13(11-16(15)20-2)10-14(18)9-12-5-7-17-8-6-12/h3-8,11H,9-10H2,1-2H3. The van der Waals surface area contributed by atoms with Gasteiger partial charge in [0.15, 0.2) is 11.5 Å². The molecule has 20 heavy (non-hydrogen) atoms. The lowest BCUT2D eigenvalue weighted by Gasteiger charge is -2.09. The highest BCUT2D eigenvalue weighted by Gasteiger charge is 2.09. The minimum Gasteiger partial charge on any atom is -0.493 e. The Labute approximate surface area is 118 Å². The van der Waals surface area contributed by atoms with Gasteiger partial charge in [0.05, 0.1) is 14.2 Å². The smallest absolute Gasteiger partial charge is 0.161 e. The second-order valence-corrected chi connectivity index (χ2v) is 4.44. The fourth-order valence-electron chi connectivity index (χ4n) is 2.01. The number of pyridine rings is 1.